The van der Waals surface area contributed by atoms with Crippen molar-refractivity contribution in [1.29, 1.82) is 0 Å². The number of hydrogen-bond acceptors (Lipinski definition) is 7. The summed E-state index contributed by atoms with van der Waals surface area (Å²) in [6.07, 6.45) is -1.09. The topological polar surface area (TPSA) is 97.6 Å². The van der Waals surface area contributed by atoms with E-state index in [1.54, 1.807) is 0 Å². The first-order valence-corrected chi connectivity index (χ1v) is 5.22. The Bertz CT molecular complexity index is 343. The Morgan fingerprint density at radius 1 is 1.69 bits per heavy atom. The van der Waals surface area contributed by atoms with Crippen LogP contribution in [-0.4, -0.2) is 53.4 Å². The molecule has 7 heteroatoms. The molecule has 1 aliphatic heterocycles. The Morgan fingerprint density at radius 2 is 2.50 bits per heavy atom. The lowest BCUT2D eigenvalue weighted by Crippen LogP contribution is -2.35. The molecule has 16 heavy (non-hydrogen) atoms. The van der Waals surface area contributed by atoms with Crippen LogP contribution in [0.1, 0.15) is 23.9 Å². The van der Waals surface area contributed by atoms with Gasteiger partial charge in [0, 0.05) is 19.6 Å². The van der Waals surface area contributed by atoms with E-state index in [4.69, 9.17) is 15.0 Å². The maximum absolute atomic E-state index is 9.42. The second kappa shape index (κ2) is 4.88. The largest absolute Gasteiger partial charge is 0.382 e. The first kappa shape index (κ1) is 11.5. The van der Waals surface area contributed by atoms with E-state index < -0.39 is 6.10 Å². The van der Waals surface area contributed by atoms with Gasteiger partial charge in [0.1, 0.15) is 12.2 Å². The number of morpholine rings is 1. The highest BCUT2D eigenvalue weighted by Crippen LogP contribution is 2.20. The van der Waals surface area contributed by atoms with Gasteiger partial charge in [0.2, 0.25) is 5.82 Å². The molecule has 0 radical (unpaired) electrons. The lowest BCUT2D eigenvalue weighted by atomic mass is 10.2. The average molecular weight is 228 g/mol. The first-order valence-electron chi connectivity index (χ1n) is 5.22. The van der Waals surface area contributed by atoms with Crippen molar-refractivity contribution in [2.24, 2.45) is 5.73 Å². The maximum atomic E-state index is 9.42. The Labute approximate surface area is 93.2 Å². The summed E-state index contributed by atoms with van der Waals surface area (Å²) in [4.78, 5) is 6.21. The number of nitrogens with zero attached hydrogens (tertiary/aromatic N) is 3. The molecule has 0 spiro atoms. The van der Waals surface area contributed by atoms with E-state index in [-0.39, 0.29) is 18.5 Å². The van der Waals surface area contributed by atoms with Gasteiger partial charge >= 0.3 is 0 Å². The molecule has 0 bridgehead atoms. The van der Waals surface area contributed by atoms with E-state index in [9.17, 15) is 5.11 Å². The lowest BCUT2D eigenvalue weighted by Gasteiger charge is -2.27. The summed E-state index contributed by atoms with van der Waals surface area (Å²) in [7, 11) is 2.01. The van der Waals surface area contributed by atoms with Crippen LogP contribution in [0, 0.1) is 0 Å². The smallest absolute Gasteiger partial charge is 0.256 e. The molecule has 1 aromatic rings. The summed E-state index contributed by atoms with van der Waals surface area (Å²) in [5, 5.41) is 13.2. The molecule has 1 aromatic heterocycles. The Hall–Kier alpha value is -1.02. The summed E-state index contributed by atoms with van der Waals surface area (Å²) in [6.45, 7) is 2.32. The minimum Gasteiger partial charge on any atom is -0.382 e. The van der Waals surface area contributed by atoms with E-state index in [1.165, 1.54) is 0 Å². The summed E-state index contributed by atoms with van der Waals surface area (Å²) < 4.78 is 10.4. The zero-order valence-corrected chi connectivity index (χ0v) is 9.17. The van der Waals surface area contributed by atoms with Gasteiger partial charge in [0.05, 0.1) is 6.61 Å². The highest BCUT2D eigenvalue weighted by molar-refractivity contribution is 4.96. The molecule has 0 aliphatic carbocycles. The molecular formula is C9H16N4O3. The summed E-state index contributed by atoms with van der Waals surface area (Å²) in [6, 6.07) is 0. The maximum Gasteiger partial charge on any atom is 0.256 e. The minimum absolute atomic E-state index is 0.0626. The molecule has 90 valence electrons. The van der Waals surface area contributed by atoms with Gasteiger partial charge in [-0.25, -0.2) is 0 Å². The van der Waals surface area contributed by atoms with Gasteiger partial charge in [-0.15, -0.1) is 0 Å². The van der Waals surface area contributed by atoms with Gasteiger partial charge in [0.15, 0.2) is 0 Å². The van der Waals surface area contributed by atoms with Gasteiger partial charge in [-0.3, -0.25) is 0 Å². The van der Waals surface area contributed by atoms with E-state index in [0.717, 1.165) is 13.1 Å². The van der Waals surface area contributed by atoms with Crippen LogP contribution in [0.3, 0.4) is 0 Å². The van der Waals surface area contributed by atoms with E-state index in [2.05, 4.69) is 15.0 Å². The van der Waals surface area contributed by atoms with E-state index in [1.807, 2.05) is 7.05 Å². The number of aromatic nitrogens is 2. The molecule has 3 N–H and O–H groups in total. The van der Waals surface area contributed by atoms with Gasteiger partial charge in [0.25, 0.3) is 5.89 Å². The van der Waals surface area contributed by atoms with Crippen molar-refractivity contribution in [2.45, 2.75) is 12.2 Å². The second-order valence-electron chi connectivity index (χ2n) is 3.86. The number of aliphatic hydroxyl groups excluding tert-OH is 1. The molecule has 0 saturated carbocycles. The van der Waals surface area contributed by atoms with Gasteiger partial charge in [-0.05, 0) is 7.05 Å². The van der Waals surface area contributed by atoms with E-state index in [0.29, 0.717) is 12.4 Å². The fraction of sp³-hybridized carbons (Fsp3) is 0.778. The third-order valence-corrected chi connectivity index (χ3v) is 2.52. The first-order chi connectivity index (χ1) is 7.70. The number of nitrogens with two attached hydrogens (primary N) is 1. The molecule has 1 fully saturated rings. The zero-order chi connectivity index (χ0) is 11.5. The number of ether oxygens (including phenoxy) is 1. The minimum atomic E-state index is -0.900. The number of hydrogen-bond donors (Lipinski definition) is 2. The van der Waals surface area contributed by atoms with Crippen LogP contribution < -0.4 is 5.73 Å². The fourth-order valence-corrected chi connectivity index (χ4v) is 1.55. The molecule has 0 amide bonds. The highest BCUT2D eigenvalue weighted by atomic mass is 16.5. The molecule has 0 aromatic carbocycles. The fourth-order valence-electron chi connectivity index (χ4n) is 1.55. The SMILES string of the molecule is CN1CCOC(c2noc([C@@H](O)CN)n2)C1. The van der Waals surface area contributed by atoms with Crippen LogP contribution >= 0.6 is 0 Å². The number of rotatable bonds is 3. The van der Waals surface area contributed by atoms with E-state index >= 15 is 0 Å². The van der Waals surface area contributed by atoms with Crippen LogP contribution in [0.15, 0.2) is 4.52 Å². The summed E-state index contributed by atoms with van der Waals surface area (Å²) >= 11 is 0. The molecule has 2 atom stereocenters. The highest BCUT2D eigenvalue weighted by Gasteiger charge is 2.25. The molecule has 1 saturated heterocycles. The predicted octanol–water partition coefficient (Wildman–Crippen LogP) is -0.935. The Morgan fingerprint density at radius 3 is 3.19 bits per heavy atom. The van der Waals surface area contributed by atoms with Crippen molar-refractivity contribution in [2.75, 3.05) is 33.3 Å². The monoisotopic (exact) mass is 228 g/mol. The molecule has 2 rings (SSSR count). The lowest BCUT2D eigenvalue weighted by molar-refractivity contribution is -0.0264. The molecule has 2 heterocycles. The van der Waals surface area contributed by atoms with Crippen molar-refractivity contribution in [1.82, 2.24) is 15.0 Å². The Balaban J connectivity index is 2.06. The Kier molecular flexibility index (Phi) is 3.49. The van der Waals surface area contributed by atoms with Gasteiger partial charge in [-0.2, -0.15) is 4.98 Å². The van der Waals surface area contributed by atoms with Gasteiger partial charge < -0.3 is 25.0 Å². The number of likely N-dealkylation sites (N-methyl/N-ethyl adjacent to an activating group) is 1. The third kappa shape index (κ3) is 2.38. The van der Waals surface area contributed by atoms with Crippen LogP contribution in [-0.2, 0) is 4.74 Å². The third-order valence-electron chi connectivity index (χ3n) is 2.52. The molecule has 1 aliphatic rings. The molecular weight excluding hydrogens is 212 g/mol. The molecule has 7 nitrogen and oxygen atoms in total. The van der Waals surface area contributed by atoms with Crippen LogP contribution in [0.25, 0.3) is 0 Å². The van der Waals surface area contributed by atoms with Crippen molar-refractivity contribution < 1.29 is 14.4 Å². The normalized spacial score (nSPS) is 24.6. The second-order valence-corrected chi connectivity index (χ2v) is 3.86. The summed E-state index contributed by atoms with van der Waals surface area (Å²) in [5.41, 5.74) is 5.30. The quantitative estimate of drug-likeness (QED) is 0.689. The summed E-state index contributed by atoms with van der Waals surface area (Å²) in [5.74, 6) is 0.614. The predicted molar refractivity (Wildman–Crippen MR) is 54.5 cm³/mol. The van der Waals surface area contributed by atoms with Crippen LogP contribution in [0.2, 0.25) is 0 Å². The van der Waals surface area contributed by atoms with Crippen molar-refractivity contribution >= 4 is 0 Å². The standard InChI is InChI=1S/C9H16N4O3/c1-13-2-3-15-7(5-13)8-11-9(16-12-8)6(14)4-10/h6-7,14H,2-5,10H2,1H3/t6-,7?/m0/s1. The van der Waals surface area contributed by atoms with Crippen LogP contribution in [0.4, 0.5) is 0 Å². The zero-order valence-electron chi connectivity index (χ0n) is 9.17. The van der Waals surface area contributed by atoms with Crippen molar-refractivity contribution in [3.05, 3.63) is 11.7 Å². The van der Waals surface area contributed by atoms with Gasteiger partial charge in [-0.1, -0.05) is 5.16 Å². The van der Waals surface area contributed by atoms with Crippen LogP contribution in [0.5, 0.6) is 0 Å². The average Bonchev–Trinajstić information content (AvgIpc) is 2.77. The van der Waals surface area contributed by atoms with Crippen molar-refractivity contribution in [3.8, 4) is 0 Å². The molecule has 1 unspecified atom stereocenters. The number of aliphatic hydroxyl groups is 1. The van der Waals surface area contributed by atoms with Crippen molar-refractivity contribution in [3.63, 3.8) is 0 Å².